The molecule has 0 aromatic carbocycles. The molecule has 0 fully saturated rings. The van der Waals surface area contributed by atoms with Gasteiger partial charge in [0.25, 0.3) is 0 Å². The predicted octanol–water partition coefficient (Wildman–Crippen LogP) is 0.577. The monoisotopic (exact) mass is 126 g/mol. The van der Waals surface area contributed by atoms with Crippen molar-refractivity contribution in [3.63, 3.8) is 0 Å². The summed E-state index contributed by atoms with van der Waals surface area (Å²) in [6.45, 7) is 4.44. The highest BCUT2D eigenvalue weighted by molar-refractivity contribution is 5.09. The van der Waals surface area contributed by atoms with Gasteiger partial charge in [0.2, 0.25) is 0 Å². The predicted molar refractivity (Wildman–Crippen MR) is 41.0 cm³/mol. The van der Waals surface area contributed by atoms with Crippen LogP contribution in [0.5, 0.6) is 0 Å². The molecule has 0 amide bonds. The second-order valence-corrected chi connectivity index (χ2v) is 2.24. The Morgan fingerprint density at radius 2 is 2.22 bits per heavy atom. The van der Waals surface area contributed by atoms with E-state index in [1.807, 2.05) is 20.2 Å². The molecule has 0 aromatic rings. The first-order valence-corrected chi connectivity index (χ1v) is 2.88. The molecule has 0 radical (unpaired) electrons. The van der Waals surface area contributed by atoms with E-state index < -0.39 is 0 Å². The van der Waals surface area contributed by atoms with Crippen LogP contribution in [0.3, 0.4) is 0 Å². The Labute approximate surface area is 56.6 Å². The fourth-order valence-corrected chi connectivity index (χ4v) is 0.415. The largest absolute Gasteiger partial charge is 0.399 e. The van der Waals surface area contributed by atoms with Crippen LogP contribution >= 0.6 is 0 Å². The summed E-state index contributed by atoms with van der Waals surface area (Å²) in [4.78, 5) is 2.06. The number of hydrogen-bond acceptors (Lipinski definition) is 2. The fourth-order valence-electron chi connectivity index (χ4n) is 0.415. The zero-order valence-electron chi connectivity index (χ0n) is 6.09. The Kier molecular flexibility index (Phi) is 3.80. The Morgan fingerprint density at radius 1 is 1.67 bits per heavy atom. The summed E-state index contributed by atoms with van der Waals surface area (Å²) in [5.41, 5.74) is 5.89. The van der Waals surface area contributed by atoms with Crippen molar-refractivity contribution in [1.29, 1.82) is 0 Å². The van der Waals surface area contributed by atoms with E-state index in [0.29, 0.717) is 5.70 Å². The van der Waals surface area contributed by atoms with Crippen molar-refractivity contribution in [1.82, 2.24) is 4.90 Å². The summed E-state index contributed by atoms with van der Waals surface area (Å²) in [5.74, 6) is 0. The minimum atomic E-state index is 0.608. The van der Waals surface area contributed by atoms with Crippen molar-refractivity contribution in [2.45, 2.75) is 0 Å². The molecule has 0 aliphatic rings. The SMILES string of the molecule is C=C(N)/C=C/CN(C)C. The molecular weight excluding hydrogens is 112 g/mol. The van der Waals surface area contributed by atoms with E-state index in [9.17, 15) is 0 Å². The average Bonchev–Trinajstić information content (AvgIpc) is 1.63. The minimum absolute atomic E-state index is 0.608. The topological polar surface area (TPSA) is 29.3 Å². The maximum atomic E-state index is 5.28. The molecular formula is C7H14N2. The lowest BCUT2D eigenvalue weighted by molar-refractivity contribution is 0.456. The van der Waals surface area contributed by atoms with E-state index in [-0.39, 0.29) is 0 Å². The van der Waals surface area contributed by atoms with Crippen LogP contribution in [0.1, 0.15) is 0 Å². The lowest BCUT2D eigenvalue weighted by Crippen LogP contribution is -2.10. The Bertz CT molecular complexity index is 114. The van der Waals surface area contributed by atoms with E-state index in [1.54, 1.807) is 6.08 Å². The molecule has 2 N–H and O–H groups in total. The number of allylic oxidation sites excluding steroid dienone is 1. The van der Waals surface area contributed by atoms with Gasteiger partial charge in [0.05, 0.1) is 0 Å². The maximum Gasteiger partial charge on any atom is 0.0238 e. The number of nitrogens with two attached hydrogens (primary N) is 1. The van der Waals surface area contributed by atoms with Gasteiger partial charge in [-0.05, 0) is 20.2 Å². The molecule has 0 saturated heterocycles. The molecule has 0 heterocycles. The molecule has 0 aliphatic heterocycles. The zero-order chi connectivity index (χ0) is 7.28. The van der Waals surface area contributed by atoms with Gasteiger partial charge in [-0.3, -0.25) is 0 Å². The lowest BCUT2D eigenvalue weighted by Gasteiger charge is -2.02. The Balaban J connectivity index is 3.36. The van der Waals surface area contributed by atoms with Crippen LogP contribution in [-0.4, -0.2) is 25.5 Å². The van der Waals surface area contributed by atoms with Gasteiger partial charge < -0.3 is 10.6 Å². The van der Waals surface area contributed by atoms with Crippen LogP contribution in [0.4, 0.5) is 0 Å². The van der Waals surface area contributed by atoms with E-state index in [4.69, 9.17) is 5.73 Å². The third-order valence-electron chi connectivity index (χ3n) is 0.802. The van der Waals surface area contributed by atoms with Crippen molar-refractivity contribution < 1.29 is 0 Å². The smallest absolute Gasteiger partial charge is 0.0238 e. The summed E-state index contributed by atoms with van der Waals surface area (Å²) >= 11 is 0. The molecule has 2 heteroatoms. The van der Waals surface area contributed by atoms with E-state index in [0.717, 1.165) is 6.54 Å². The third-order valence-corrected chi connectivity index (χ3v) is 0.802. The highest BCUT2D eigenvalue weighted by Gasteiger charge is 1.80. The van der Waals surface area contributed by atoms with E-state index >= 15 is 0 Å². The molecule has 52 valence electrons. The van der Waals surface area contributed by atoms with Crippen molar-refractivity contribution in [3.8, 4) is 0 Å². The molecule has 0 aliphatic carbocycles. The molecule has 0 saturated carbocycles. The van der Waals surface area contributed by atoms with Crippen LogP contribution in [-0.2, 0) is 0 Å². The molecule has 0 spiro atoms. The molecule has 0 unspecified atom stereocenters. The minimum Gasteiger partial charge on any atom is -0.399 e. The van der Waals surface area contributed by atoms with Gasteiger partial charge in [0, 0.05) is 12.2 Å². The first kappa shape index (κ1) is 8.24. The molecule has 0 rings (SSSR count). The quantitative estimate of drug-likeness (QED) is 0.560. The first-order chi connectivity index (χ1) is 4.13. The van der Waals surface area contributed by atoms with Crippen LogP contribution in [0, 0.1) is 0 Å². The van der Waals surface area contributed by atoms with E-state index in [1.165, 1.54) is 0 Å². The van der Waals surface area contributed by atoms with Gasteiger partial charge in [-0.1, -0.05) is 12.7 Å². The summed E-state index contributed by atoms with van der Waals surface area (Å²) in [7, 11) is 4.01. The Morgan fingerprint density at radius 3 is 2.56 bits per heavy atom. The zero-order valence-corrected chi connectivity index (χ0v) is 6.09. The second kappa shape index (κ2) is 4.15. The summed E-state index contributed by atoms with van der Waals surface area (Å²) in [5, 5.41) is 0. The van der Waals surface area contributed by atoms with Crippen LogP contribution in [0.15, 0.2) is 24.4 Å². The van der Waals surface area contributed by atoms with Crippen LogP contribution < -0.4 is 5.73 Å². The summed E-state index contributed by atoms with van der Waals surface area (Å²) < 4.78 is 0. The van der Waals surface area contributed by atoms with Gasteiger partial charge in [-0.25, -0.2) is 0 Å². The van der Waals surface area contributed by atoms with Crippen LogP contribution in [0.2, 0.25) is 0 Å². The lowest BCUT2D eigenvalue weighted by atomic mass is 10.4. The van der Waals surface area contributed by atoms with Crippen LogP contribution in [0.25, 0.3) is 0 Å². The maximum absolute atomic E-state index is 5.28. The summed E-state index contributed by atoms with van der Waals surface area (Å²) in [6, 6.07) is 0. The van der Waals surface area contributed by atoms with Gasteiger partial charge >= 0.3 is 0 Å². The molecule has 9 heavy (non-hydrogen) atoms. The molecule has 0 bridgehead atoms. The van der Waals surface area contributed by atoms with Crippen molar-refractivity contribution in [3.05, 3.63) is 24.4 Å². The van der Waals surface area contributed by atoms with Gasteiger partial charge in [0.1, 0.15) is 0 Å². The Hall–Kier alpha value is -0.760. The molecule has 0 aromatic heterocycles. The van der Waals surface area contributed by atoms with Crippen molar-refractivity contribution >= 4 is 0 Å². The highest BCUT2D eigenvalue weighted by Crippen LogP contribution is 1.81. The van der Waals surface area contributed by atoms with Gasteiger partial charge in [-0.2, -0.15) is 0 Å². The number of likely N-dealkylation sites (N-methyl/N-ethyl adjacent to an activating group) is 1. The van der Waals surface area contributed by atoms with Crippen molar-refractivity contribution in [2.75, 3.05) is 20.6 Å². The third kappa shape index (κ3) is 7.24. The summed E-state index contributed by atoms with van der Waals surface area (Å²) in [6.07, 6.45) is 3.78. The standard InChI is InChI=1S/C7H14N2/c1-7(8)5-4-6-9(2)3/h4-5H,1,6,8H2,2-3H3/b5-4+. The average molecular weight is 126 g/mol. The number of hydrogen-bond donors (Lipinski definition) is 1. The second-order valence-electron chi connectivity index (χ2n) is 2.24. The van der Waals surface area contributed by atoms with Gasteiger partial charge in [-0.15, -0.1) is 0 Å². The fraction of sp³-hybridized carbons (Fsp3) is 0.429. The number of rotatable bonds is 3. The first-order valence-electron chi connectivity index (χ1n) is 2.88. The number of nitrogens with zero attached hydrogens (tertiary/aromatic N) is 1. The van der Waals surface area contributed by atoms with Gasteiger partial charge in [0.15, 0.2) is 0 Å². The normalized spacial score (nSPS) is 11.0. The van der Waals surface area contributed by atoms with E-state index in [2.05, 4.69) is 11.5 Å². The highest BCUT2D eigenvalue weighted by atomic mass is 15.0. The van der Waals surface area contributed by atoms with Crippen molar-refractivity contribution in [2.24, 2.45) is 5.73 Å². The molecule has 2 nitrogen and oxygen atoms in total. The molecule has 0 atom stereocenters.